The lowest BCUT2D eigenvalue weighted by Crippen LogP contribution is -2.44. The maximum Gasteiger partial charge on any atom is 0.243 e. The zero-order valence-electron chi connectivity index (χ0n) is 17.7. The lowest BCUT2D eigenvalue weighted by Gasteiger charge is -2.32. The fourth-order valence-corrected chi connectivity index (χ4v) is 6.20. The number of anilines is 1. The molecule has 1 aliphatic heterocycles. The monoisotopic (exact) mass is 414 g/mol. The molecule has 0 aromatic heterocycles. The van der Waals surface area contributed by atoms with E-state index in [4.69, 9.17) is 0 Å². The molecule has 0 aliphatic carbocycles. The Morgan fingerprint density at radius 2 is 1.79 bits per heavy atom. The van der Waals surface area contributed by atoms with Crippen LogP contribution in [0.2, 0.25) is 0 Å². The summed E-state index contributed by atoms with van der Waals surface area (Å²) in [5.41, 5.74) is 4.44. The van der Waals surface area contributed by atoms with Crippen molar-refractivity contribution < 1.29 is 13.2 Å². The molecule has 1 saturated heterocycles. The summed E-state index contributed by atoms with van der Waals surface area (Å²) in [6, 6.07) is 11.5. The minimum atomic E-state index is -3.64. The van der Waals surface area contributed by atoms with Crippen molar-refractivity contribution >= 4 is 21.6 Å². The van der Waals surface area contributed by atoms with E-state index in [1.54, 1.807) is 0 Å². The summed E-state index contributed by atoms with van der Waals surface area (Å²) in [5, 5.41) is 3.01. The summed E-state index contributed by atoms with van der Waals surface area (Å²) in [6.07, 6.45) is 2.20. The van der Waals surface area contributed by atoms with Gasteiger partial charge in [-0.25, -0.2) is 8.42 Å². The first-order valence-electron chi connectivity index (χ1n) is 10.2. The van der Waals surface area contributed by atoms with Crippen molar-refractivity contribution in [1.82, 2.24) is 4.31 Å². The molecule has 1 atom stereocenters. The quantitative estimate of drug-likeness (QED) is 0.797. The molecule has 1 aliphatic rings. The Balaban J connectivity index is 1.81. The number of nitrogens with zero attached hydrogens (tertiary/aromatic N) is 1. The number of hydrogen-bond donors (Lipinski definition) is 1. The first kappa shape index (κ1) is 21.5. The van der Waals surface area contributed by atoms with E-state index < -0.39 is 10.0 Å². The Bertz CT molecular complexity index is 992. The third-order valence-corrected chi connectivity index (χ3v) is 7.78. The predicted molar refractivity (Wildman–Crippen MR) is 117 cm³/mol. The molecule has 1 fully saturated rings. The van der Waals surface area contributed by atoms with Crippen LogP contribution >= 0.6 is 0 Å². The van der Waals surface area contributed by atoms with Crippen LogP contribution in [-0.4, -0.2) is 31.7 Å². The third kappa shape index (κ3) is 4.54. The number of amides is 1. The van der Waals surface area contributed by atoms with E-state index in [2.05, 4.69) is 5.32 Å². The normalized spacial score (nSPS) is 17.9. The van der Waals surface area contributed by atoms with Crippen LogP contribution in [0.15, 0.2) is 41.3 Å². The van der Waals surface area contributed by atoms with E-state index in [-0.39, 0.29) is 18.4 Å². The van der Waals surface area contributed by atoms with Crippen LogP contribution in [0.1, 0.15) is 42.0 Å². The number of nitrogens with one attached hydrogen (secondary N) is 1. The average Bonchev–Trinajstić information content (AvgIpc) is 2.67. The van der Waals surface area contributed by atoms with Gasteiger partial charge in [-0.15, -0.1) is 0 Å². The van der Waals surface area contributed by atoms with Crippen LogP contribution in [0.3, 0.4) is 0 Å². The van der Waals surface area contributed by atoms with Gasteiger partial charge in [-0.1, -0.05) is 42.8 Å². The molecular weight excluding hydrogens is 384 g/mol. The summed E-state index contributed by atoms with van der Waals surface area (Å²) >= 11 is 0. The van der Waals surface area contributed by atoms with Gasteiger partial charge in [0.2, 0.25) is 15.9 Å². The largest absolute Gasteiger partial charge is 0.326 e. The van der Waals surface area contributed by atoms with E-state index in [0.717, 1.165) is 34.4 Å². The van der Waals surface area contributed by atoms with Crippen LogP contribution in [-0.2, 0) is 21.2 Å². The summed E-state index contributed by atoms with van der Waals surface area (Å²) in [7, 11) is -3.64. The molecule has 0 unspecified atom stereocenters. The number of carbonyl (C=O) groups excluding carboxylic acids is 1. The molecule has 156 valence electrons. The number of aryl methyl sites for hydroxylation is 4. The molecular formula is C23H30N2O3S. The van der Waals surface area contributed by atoms with E-state index in [0.29, 0.717) is 24.3 Å². The maximum atomic E-state index is 13.4. The predicted octanol–water partition coefficient (Wildman–Crippen LogP) is 4.21. The lowest BCUT2D eigenvalue weighted by atomic mass is 9.98. The van der Waals surface area contributed by atoms with Gasteiger partial charge >= 0.3 is 0 Å². The van der Waals surface area contributed by atoms with Crippen molar-refractivity contribution in [2.24, 2.45) is 5.92 Å². The zero-order valence-corrected chi connectivity index (χ0v) is 18.5. The molecule has 0 radical (unpaired) electrons. The fourth-order valence-electron chi connectivity index (χ4n) is 4.26. The van der Waals surface area contributed by atoms with Gasteiger partial charge in [0.15, 0.2) is 0 Å². The smallest absolute Gasteiger partial charge is 0.243 e. The van der Waals surface area contributed by atoms with Crippen molar-refractivity contribution in [3.8, 4) is 0 Å². The Labute approximate surface area is 174 Å². The van der Waals surface area contributed by atoms with E-state index in [1.165, 1.54) is 4.31 Å². The van der Waals surface area contributed by atoms with Crippen molar-refractivity contribution in [3.63, 3.8) is 0 Å². The van der Waals surface area contributed by atoms with Crippen LogP contribution in [0, 0.1) is 26.7 Å². The average molecular weight is 415 g/mol. The van der Waals surface area contributed by atoms with Gasteiger partial charge in [0.25, 0.3) is 0 Å². The van der Waals surface area contributed by atoms with Gasteiger partial charge in [0, 0.05) is 18.8 Å². The maximum absolute atomic E-state index is 13.4. The summed E-state index contributed by atoms with van der Waals surface area (Å²) in [5.74, 6) is -0.461. The van der Waals surface area contributed by atoms with Gasteiger partial charge in [-0.05, 0) is 62.8 Å². The molecule has 0 saturated carbocycles. The molecule has 0 bridgehead atoms. The Hall–Kier alpha value is -2.18. The SMILES string of the molecule is CCc1ccccc1NC(=O)[C@H]1CCCN(S(=O)(=O)c2c(C)cc(C)cc2C)C1. The number of sulfonamides is 1. The second-order valence-electron chi connectivity index (χ2n) is 7.93. The zero-order chi connectivity index (χ0) is 21.2. The van der Waals surface area contributed by atoms with Gasteiger partial charge in [0.05, 0.1) is 10.8 Å². The van der Waals surface area contributed by atoms with Crippen molar-refractivity contribution in [1.29, 1.82) is 0 Å². The van der Waals surface area contributed by atoms with Crippen molar-refractivity contribution in [2.75, 3.05) is 18.4 Å². The van der Waals surface area contributed by atoms with E-state index in [1.807, 2.05) is 64.1 Å². The molecule has 2 aromatic rings. The number of piperidine rings is 1. The molecule has 2 aromatic carbocycles. The lowest BCUT2D eigenvalue weighted by molar-refractivity contribution is -0.120. The minimum Gasteiger partial charge on any atom is -0.326 e. The Kier molecular flexibility index (Phi) is 6.44. The van der Waals surface area contributed by atoms with E-state index >= 15 is 0 Å². The minimum absolute atomic E-state index is 0.108. The summed E-state index contributed by atoms with van der Waals surface area (Å²) in [6.45, 7) is 8.35. The number of rotatable bonds is 5. The first-order chi connectivity index (χ1) is 13.7. The molecule has 6 heteroatoms. The highest BCUT2D eigenvalue weighted by atomic mass is 32.2. The highest BCUT2D eigenvalue weighted by Gasteiger charge is 2.35. The number of para-hydroxylation sites is 1. The van der Waals surface area contributed by atoms with Crippen LogP contribution in [0.25, 0.3) is 0 Å². The molecule has 5 nitrogen and oxygen atoms in total. The van der Waals surface area contributed by atoms with Gasteiger partial charge in [-0.3, -0.25) is 4.79 Å². The van der Waals surface area contributed by atoms with E-state index in [9.17, 15) is 13.2 Å². The highest BCUT2D eigenvalue weighted by molar-refractivity contribution is 7.89. The van der Waals surface area contributed by atoms with Gasteiger partial charge < -0.3 is 5.32 Å². The highest BCUT2D eigenvalue weighted by Crippen LogP contribution is 2.29. The topological polar surface area (TPSA) is 66.5 Å². The second kappa shape index (κ2) is 8.67. The van der Waals surface area contributed by atoms with Crippen molar-refractivity contribution in [3.05, 3.63) is 58.7 Å². The molecule has 0 spiro atoms. The summed E-state index contributed by atoms with van der Waals surface area (Å²) in [4.78, 5) is 13.3. The standard InChI is InChI=1S/C23H30N2O3S/c1-5-19-9-6-7-11-21(19)24-23(26)20-10-8-12-25(15-20)29(27,28)22-17(3)13-16(2)14-18(22)4/h6-7,9,11,13-14,20H,5,8,10,12,15H2,1-4H3,(H,24,26)/t20-/m0/s1. The number of hydrogen-bond acceptors (Lipinski definition) is 3. The fraction of sp³-hybridized carbons (Fsp3) is 0.435. The van der Waals surface area contributed by atoms with Gasteiger partial charge in [0.1, 0.15) is 0 Å². The van der Waals surface area contributed by atoms with Crippen LogP contribution in [0.5, 0.6) is 0 Å². The van der Waals surface area contributed by atoms with Crippen molar-refractivity contribution in [2.45, 2.75) is 51.9 Å². The second-order valence-corrected chi connectivity index (χ2v) is 9.80. The molecule has 1 amide bonds. The number of benzene rings is 2. The van der Waals surface area contributed by atoms with Gasteiger partial charge in [-0.2, -0.15) is 4.31 Å². The summed E-state index contributed by atoms with van der Waals surface area (Å²) < 4.78 is 28.2. The molecule has 3 rings (SSSR count). The third-order valence-electron chi connectivity index (χ3n) is 5.61. The Morgan fingerprint density at radius 3 is 2.45 bits per heavy atom. The Morgan fingerprint density at radius 1 is 1.14 bits per heavy atom. The van der Waals surface area contributed by atoms with Crippen LogP contribution < -0.4 is 5.32 Å². The molecule has 1 N–H and O–H groups in total. The van der Waals surface area contributed by atoms with Crippen LogP contribution in [0.4, 0.5) is 5.69 Å². The first-order valence-corrected chi connectivity index (χ1v) is 11.6. The molecule has 1 heterocycles. The number of carbonyl (C=O) groups is 1. The molecule has 29 heavy (non-hydrogen) atoms.